The molecule has 2 unspecified atom stereocenters. The van der Waals surface area contributed by atoms with Gasteiger partial charge < -0.3 is 10.1 Å². The molecule has 6 nitrogen and oxygen atoms in total. The molecule has 28 heavy (non-hydrogen) atoms. The molecule has 1 saturated heterocycles. The Balaban J connectivity index is 1.77. The van der Waals surface area contributed by atoms with Crippen LogP contribution < -0.4 is 5.32 Å². The molecule has 0 spiro atoms. The first-order valence-corrected chi connectivity index (χ1v) is 10.4. The Bertz CT molecular complexity index is 966. The van der Waals surface area contributed by atoms with Gasteiger partial charge in [0.05, 0.1) is 17.1 Å². The quantitative estimate of drug-likeness (QED) is 0.846. The average molecular weight is 406 g/mol. The van der Waals surface area contributed by atoms with Crippen LogP contribution in [0.15, 0.2) is 47.4 Å². The number of halogens is 1. The van der Waals surface area contributed by atoms with Crippen molar-refractivity contribution < 1.29 is 22.3 Å². The van der Waals surface area contributed by atoms with Gasteiger partial charge in [-0.05, 0) is 62.7 Å². The number of carbonyl (C=O) groups is 1. The summed E-state index contributed by atoms with van der Waals surface area (Å²) in [5, 5.41) is 2.65. The molecule has 150 valence electrons. The topological polar surface area (TPSA) is 75.7 Å². The van der Waals surface area contributed by atoms with Crippen molar-refractivity contribution in [2.24, 2.45) is 0 Å². The number of carbonyl (C=O) groups excluding carboxylic acids is 1. The van der Waals surface area contributed by atoms with E-state index in [0.717, 1.165) is 5.56 Å². The Morgan fingerprint density at radius 1 is 1.11 bits per heavy atom. The van der Waals surface area contributed by atoms with Crippen molar-refractivity contribution in [2.75, 3.05) is 18.4 Å². The van der Waals surface area contributed by atoms with Gasteiger partial charge in [-0.1, -0.05) is 6.07 Å². The number of sulfonamides is 1. The lowest BCUT2D eigenvalue weighted by molar-refractivity contribution is -0.0440. The van der Waals surface area contributed by atoms with E-state index in [4.69, 9.17) is 4.74 Å². The van der Waals surface area contributed by atoms with E-state index in [-0.39, 0.29) is 35.8 Å². The summed E-state index contributed by atoms with van der Waals surface area (Å²) in [4.78, 5) is 12.5. The molecule has 2 atom stereocenters. The third kappa shape index (κ3) is 4.40. The molecule has 0 aliphatic carbocycles. The van der Waals surface area contributed by atoms with E-state index in [0.29, 0.717) is 5.69 Å². The zero-order valence-electron chi connectivity index (χ0n) is 16.0. The maximum Gasteiger partial charge on any atom is 0.255 e. The lowest BCUT2D eigenvalue weighted by atomic mass is 10.1. The molecular weight excluding hydrogens is 383 g/mol. The Labute approximate surface area is 164 Å². The van der Waals surface area contributed by atoms with E-state index < -0.39 is 21.7 Å². The number of hydrogen-bond acceptors (Lipinski definition) is 4. The van der Waals surface area contributed by atoms with Crippen LogP contribution in [-0.2, 0) is 14.8 Å². The molecule has 1 aliphatic rings. The molecule has 3 rings (SSSR count). The van der Waals surface area contributed by atoms with Crippen molar-refractivity contribution >= 4 is 21.6 Å². The maximum atomic E-state index is 13.4. The monoisotopic (exact) mass is 406 g/mol. The Kier molecular flexibility index (Phi) is 5.83. The van der Waals surface area contributed by atoms with Gasteiger partial charge in [-0.2, -0.15) is 4.31 Å². The van der Waals surface area contributed by atoms with Crippen molar-refractivity contribution in [1.29, 1.82) is 0 Å². The number of amides is 1. The summed E-state index contributed by atoms with van der Waals surface area (Å²) in [5.41, 5.74) is 1.38. The number of benzene rings is 2. The zero-order valence-corrected chi connectivity index (χ0v) is 16.8. The summed E-state index contributed by atoms with van der Waals surface area (Å²) in [6.45, 7) is 6.00. The van der Waals surface area contributed by atoms with Gasteiger partial charge in [0.2, 0.25) is 10.0 Å². The molecule has 1 N–H and O–H groups in total. The van der Waals surface area contributed by atoms with Crippen LogP contribution >= 0.6 is 0 Å². The van der Waals surface area contributed by atoms with E-state index in [2.05, 4.69) is 5.32 Å². The van der Waals surface area contributed by atoms with Gasteiger partial charge >= 0.3 is 0 Å². The number of hydrogen-bond donors (Lipinski definition) is 1. The standard InChI is InChI=1S/C20H23FN2O4S/c1-13-4-7-17(21)10-19(13)22-20(24)16-5-8-18(9-6-16)28(25,26)23-11-14(2)27-15(3)12-23/h4-10,14-15H,11-12H2,1-3H3,(H,22,24). The van der Waals surface area contributed by atoms with Crippen molar-refractivity contribution in [3.05, 3.63) is 59.4 Å². The molecule has 1 heterocycles. The molecule has 1 aliphatic heterocycles. The third-order valence-electron chi connectivity index (χ3n) is 4.59. The first-order chi connectivity index (χ1) is 13.2. The zero-order chi connectivity index (χ0) is 20.5. The first-order valence-electron chi connectivity index (χ1n) is 9.00. The molecule has 0 bridgehead atoms. The van der Waals surface area contributed by atoms with Crippen LogP contribution in [0.25, 0.3) is 0 Å². The predicted octanol–water partition coefficient (Wildman–Crippen LogP) is 3.18. The molecule has 0 saturated carbocycles. The van der Waals surface area contributed by atoms with Gasteiger partial charge in [0.15, 0.2) is 0 Å². The minimum Gasteiger partial charge on any atom is -0.373 e. The number of rotatable bonds is 4. The predicted molar refractivity (Wildman–Crippen MR) is 104 cm³/mol. The van der Waals surface area contributed by atoms with Crippen LogP contribution in [0.2, 0.25) is 0 Å². The van der Waals surface area contributed by atoms with E-state index in [1.165, 1.54) is 40.7 Å². The number of anilines is 1. The number of morpholine rings is 1. The molecular formula is C20H23FN2O4S. The van der Waals surface area contributed by atoms with E-state index in [1.54, 1.807) is 13.0 Å². The highest BCUT2D eigenvalue weighted by molar-refractivity contribution is 7.89. The van der Waals surface area contributed by atoms with Crippen molar-refractivity contribution in [3.63, 3.8) is 0 Å². The molecule has 2 aromatic carbocycles. The second kappa shape index (κ2) is 7.98. The molecule has 1 fully saturated rings. The van der Waals surface area contributed by atoms with Crippen molar-refractivity contribution in [2.45, 2.75) is 37.9 Å². The van der Waals surface area contributed by atoms with Crippen LogP contribution in [0, 0.1) is 12.7 Å². The minimum absolute atomic E-state index is 0.118. The first kappa shape index (κ1) is 20.4. The highest BCUT2D eigenvalue weighted by atomic mass is 32.2. The summed E-state index contributed by atoms with van der Waals surface area (Å²) in [6, 6.07) is 9.85. The summed E-state index contributed by atoms with van der Waals surface area (Å²) in [7, 11) is -3.67. The van der Waals surface area contributed by atoms with Crippen LogP contribution in [0.3, 0.4) is 0 Å². The Hall–Kier alpha value is -2.29. The van der Waals surface area contributed by atoms with Crippen LogP contribution in [0.4, 0.5) is 10.1 Å². The van der Waals surface area contributed by atoms with E-state index >= 15 is 0 Å². The largest absolute Gasteiger partial charge is 0.373 e. The Morgan fingerprint density at radius 3 is 2.32 bits per heavy atom. The average Bonchev–Trinajstić information content (AvgIpc) is 2.64. The van der Waals surface area contributed by atoms with Crippen molar-refractivity contribution in [3.8, 4) is 0 Å². The third-order valence-corrected chi connectivity index (χ3v) is 6.43. The number of aryl methyl sites for hydroxylation is 1. The SMILES string of the molecule is Cc1ccc(F)cc1NC(=O)c1ccc(S(=O)(=O)N2CC(C)OC(C)C2)cc1. The van der Waals surface area contributed by atoms with E-state index in [9.17, 15) is 17.6 Å². The Morgan fingerprint density at radius 2 is 1.71 bits per heavy atom. The normalized spacial score (nSPS) is 20.7. The fourth-order valence-electron chi connectivity index (χ4n) is 3.18. The van der Waals surface area contributed by atoms with Gasteiger partial charge in [0.25, 0.3) is 5.91 Å². The van der Waals surface area contributed by atoms with Gasteiger partial charge in [0.1, 0.15) is 5.82 Å². The second-order valence-electron chi connectivity index (χ2n) is 7.02. The number of nitrogens with one attached hydrogen (secondary N) is 1. The van der Waals surface area contributed by atoms with E-state index in [1.807, 2.05) is 13.8 Å². The minimum atomic E-state index is -3.67. The highest BCUT2D eigenvalue weighted by Gasteiger charge is 2.32. The smallest absolute Gasteiger partial charge is 0.255 e. The lowest BCUT2D eigenvalue weighted by Gasteiger charge is -2.34. The van der Waals surface area contributed by atoms with Gasteiger partial charge in [-0.3, -0.25) is 4.79 Å². The van der Waals surface area contributed by atoms with Gasteiger partial charge in [-0.15, -0.1) is 0 Å². The maximum absolute atomic E-state index is 13.4. The number of ether oxygens (including phenoxy) is 1. The second-order valence-corrected chi connectivity index (χ2v) is 8.96. The van der Waals surface area contributed by atoms with Crippen LogP contribution in [0.1, 0.15) is 29.8 Å². The fourth-order valence-corrected chi connectivity index (χ4v) is 4.77. The van der Waals surface area contributed by atoms with Crippen LogP contribution in [0.5, 0.6) is 0 Å². The summed E-state index contributed by atoms with van der Waals surface area (Å²) in [6.07, 6.45) is -0.365. The number of nitrogens with zero attached hydrogens (tertiary/aromatic N) is 1. The summed E-state index contributed by atoms with van der Waals surface area (Å²) >= 11 is 0. The molecule has 8 heteroatoms. The van der Waals surface area contributed by atoms with Crippen molar-refractivity contribution in [1.82, 2.24) is 4.31 Å². The summed E-state index contributed by atoms with van der Waals surface area (Å²) < 4.78 is 46.1. The summed E-state index contributed by atoms with van der Waals surface area (Å²) in [5.74, 6) is -0.887. The lowest BCUT2D eigenvalue weighted by Crippen LogP contribution is -2.48. The molecule has 2 aromatic rings. The molecule has 1 amide bonds. The molecule has 0 aromatic heterocycles. The van der Waals surface area contributed by atoms with Crippen LogP contribution in [-0.4, -0.2) is 43.9 Å². The fraction of sp³-hybridized carbons (Fsp3) is 0.350. The van der Waals surface area contributed by atoms with Gasteiger partial charge in [-0.25, -0.2) is 12.8 Å². The highest BCUT2D eigenvalue weighted by Crippen LogP contribution is 2.22. The molecule has 0 radical (unpaired) electrons. The van der Waals surface area contributed by atoms with Gasteiger partial charge in [0, 0.05) is 24.3 Å².